The summed E-state index contributed by atoms with van der Waals surface area (Å²) in [5.41, 5.74) is 1.10. The molecule has 1 amide bonds. The smallest absolute Gasteiger partial charge is 0.336 e. The van der Waals surface area contributed by atoms with Crippen LogP contribution in [-0.2, 0) is 14.4 Å². The summed E-state index contributed by atoms with van der Waals surface area (Å²) in [6.45, 7) is 8.59. The maximum absolute atomic E-state index is 12.6. The van der Waals surface area contributed by atoms with Gasteiger partial charge in [-0.15, -0.1) is 0 Å². The Bertz CT molecular complexity index is 1210. The molecule has 0 spiro atoms. The molecule has 0 aliphatic carbocycles. The summed E-state index contributed by atoms with van der Waals surface area (Å²) < 4.78 is 0. The molecule has 0 unspecified atom stereocenters. The summed E-state index contributed by atoms with van der Waals surface area (Å²) in [5.74, 6) is -4.69. The molecule has 1 saturated heterocycles. The summed E-state index contributed by atoms with van der Waals surface area (Å²) in [4.78, 5) is 47.3. The molecule has 0 bridgehead atoms. The molecule has 0 atom stereocenters. The second kappa shape index (κ2) is 15.5. The van der Waals surface area contributed by atoms with Crippen molar-refractivity contribution in [1.82, 2.24) is 9.80 Å². The molecule has 222 valence electrons. The minimum Gasteiger partial charge on any atom is -0.508 e. The quantitative estimate of drug-likeness (QED) is 0.255. The highest BCUT2D eigenvalue weighted by atomic mass is 16.4. The van der Waals surface area contributed by atoms with Crippen LogP contribution in [0.2, 0.25) is 0 Å². The number of aliphatic carboxylic acids is 3. The second-order valence-corrected chi connectivity index (χ2v) is 9.71. The zero-order valence-corrected chi connectivity index (χ0v) is 23.3. The van der Waals surface area contributed by atoms with Crippen LogP contribution in [0.1, 0.15) is 61.0 Å². The molecule has 1 heterocycles. The van der Waals surface area contributed by atoms with Gasteiger partial charge >= 0.3 is 17.9 Å². The predicted octanol–water partition coefficient (Wildman–Crippen LogP) is 3.15. The number of likely N-dealkylation sites (tertiary alicyclic amines) is 1. The third-order valence-corrected chi connectivity index (χ3v) is 6.69. The van der Waals surface area contributed by atoms with Gasteiger partial charge in [-0.3, -0.25) is 19.3 Å². The van der Waals surface area contributed by atoms with Gasteiger partial charge in [0.15, 0.2) is 5.60 Å². The van der Waals surface area contributed by atoms with Crippen molar-refractivity contribution < 1.29 is 44.7 Å². The maximum atomic E-state index is 12.6. The normalized spacial score (nSPS) is 13.7. The van der Waals surface area contributed by atoms with E-state index in [-0.39, 0.29) is 11.7 Å². The minimum atomic E-state index is -2.74. The molecule has 11 nitrogen and oxygen atoms in total. The lowest BCUT2D eigenvalue weighted by molar-refractivity contribution is -0.170. The number of amides is 1. The van der Waals surface area contributed by atoms with Crippen molar-refractivity contribution in [3.05, 3.63) is 71.3 Å². The average molecular weight is 571 g/mol. The van der Waals surface area contributed by atoms with Crippen LogP contribution in [0.5, 0.6) is 5.75 Å². The lowest BCUT2D eigenvalue weighted by atomic mass is 9.96. The minimum absolute atomic E-state index is 0.0662. The fraction of sp³-hybridized carbons (Fsp3) is 0.400. The highest BCUT2D eigenvalue weighted by molar-refractivity contribution is 5.95. The van der Waals surface area contributed by atoms with E-state index in [2.05, 4.69) is 11.0 Å². The van der Waals surface area contributed by atoms with Gasteiger partial charge in [-0.2, -0.15) is 0 Å². The van der Waals surface area contributed by atoms with Crippen molar-refractivity contribution in [3.8, 4) is 5.75 Å². The van der Waals surface area contributed by atoms with E-state index in [1.165, 1.54) is 12.8 Å². The van der Waals surface area contributed by atoms with E-state index in [1.807, 2.05) is 55.1 Å². The van der Waals surface area contributed by atoms with Crippen LogP contribution in [0, 0.1) is 0 Å². The van der Waals surface area contributed by atoms with Gasteiger partial charge in [-0.1, -0.05) is 30.3 Å². The van der Waals surface area contributed by atoms with Gasteiger partial charge in [-0.05, 0) is 80.7 Å². The first-order chi connectivity index (χ1) is 19.4. The number of hydrogen-bond donors (Lipinski definition) is 5. The molecule has 2 aromatic rings. The highest BCUT2D eigenvalue weighted by Crippen LogP contribution is 2.27. The van der Waals surface area contributed by atoms with Crippen molar-refractivity contribution in [2.24, 2.45) is 0 Å². The number of benzene rings is 2. The summed E-state index contributed by atoms with van der Waals surface area (Å²) in [7, 11) is 0. The largest absolute Gasteiger partial charge is 0.508 e. The Morgan fingerprint density at radius 2 is 1.39 bits per heavy atom. The molecular formula is C30H38N2O9. The number of aliphatic hydroxyl groups is 1. The van der Waals surface area contributed by atoms with Crippen LogP contribution in [-0.4, -0.2) is 97.5 Å². The van der Waals surface area contributed by atoms with Gasteiger partial charge in [0.05, 0.1) is 12.8 Å². The van der Waals surface area contributed by atoms with Crippen molar-refractivity contribution in [2.45, 2.75) is 45.1 Å². The van der Waals surface area contributed by atoms with Gasteiger partial charge in [0.25, 0.3) is 5.91 Å². The van der Waals surface area contributed by atoms with Gasteiger partial charge in [0.1, 0.15) is 5.75 Å². The number of carbonyl (C=O) groups excluding carboxylic acids is 1. The number of hydrogen-bond acceptors (Lipinski definition) is 7. The molecule has 1 aliphatic rings. The molecule has 1 aliphatic heterocycles. The lowest BCUT2D eigenvalue weighted by Crippen LogP contribution is -2.42. The number of carboxylic acid groups (broad SMARTS) is 3. The number of carbonyl (C=O) groups is 4. The summed E-state index contributed by atoms with van der Waals surface area (Å²) in [6, 6.07) is 15.2. The third kappa shape index (κ3) is 10.0. The molecule has 0 aromatic heterocycles. The number of phenols is 1. The molecule has 41 heavy (non-hydrogen) atoms. The Morgan fingerprint density at radius 1 is 0.854 bits per heavy atom. The first-order valence-electron chi connectivity index (χ1n) is 13.4. The Kier molecular flexibility index (Phi) is 12.5. The van der Waals surface area contributed by atoms with Crippen molar-refractivity contribution in [1.29, 1.82) is 0 Å². The molecule has 1 fully saturated rings. The van der Waals surface area contributed by atoms with Gasteiger partial charge in [0.2, 0.25) is 0 Å². The van der Waals surface area contributed by atoms with Crippen LogP contribution in [0.25, 0.3) is 5.57 Å². The van der Waals surface area contributed by atoms with Crippen molar-refractivity contribution >= 4 is 29.4 Å². The predicted molar refractivity (Wildman–Crippen MR) is 152 cm³/mol. The first kappa shape index (κ1) is 33.0. The van der Waals surface area contributed by atoms with Gasteiger partial charge in [0, 0.05) is 25.2 Å². The molecular weight excluding hydrogens is 532 g/mol. The molecule has 11 heteroatoms. The summed E-state index contributed by atoms with van der Waals surface area (Å²) in [6.07, 6.45) is 2.47. The standard InChI is InChI=1S/C24H30N2O2.C6H8O7/c1-3-26(4-2)24(28)20-12-10-19(11-13-20)23(14-17-25-15-5-6-16-25)21-8-7-9-22(27)18-21;7-3(8)1-6(13,5(11)12)2-4(9)10/h7-14,18,27H,3-6,15-17H2,1-2H3;13H,1-2H2,(H,7,8)(H,9,10)(H,11,12)/b23-14+;. The molecule has 2 aromatic carbocycles. The molecule has 0 radical (unpaired) electrons. The summed E-state index contributed by atoms with van der Waals surface area (Å²) >= 11 is 0. The first-order valence-corrected chi connectivity index (χ1v) is 13.4. The van der Waals surface area contributed by atoms with Crippen LogP contribution >= 0.6 is 0 Å². The van der Waals surface area contributed by atoms with E-state index in [4.69, 9.17) is 20.4 Å². The SMILES string of the molecule is CCN(CC)C(=O)c1ccc(/C(=C\CN2CCCC2)c2cccc(O)c2)cc1.O=C(O)CC(O)(CC(=O)O)C(=O)O. The van der Waals surface area contributed by atoms with Crippen molar-refractivity contribution in [3.63, 3.8) is 0 Å². The number of carboxylic acids is 3. The Morgan fingerprint density at radius 3 is 1.85 bits per heavy atom. The van der Waals surface area contributed by atoms with Crippen molar-refractivity contribution in [2.75, 3.05) is 32.7 Å². The monoisotopic (exact) mass is 570 g/mol. The van der Waals surface area contributed by atoms with E-state index in [0.717, 1.165) is 36.3 Å². The maximum Gasteiger partial charge on any atom is 0.336 e. The van der Waals surface area contributed by atoms with Gasteiger partial charge < -0.3 is 30.4 Å². The van der Waals surface area contributed by atoms with E-state index in [0.29, 0.717) is 18.7 Å². The van der Waals surface area contributed by atoms with E-state index in [1.54, 1.807) is 12.1 Å². The molecule has 0 saturated carbocycles. The molecule has 3 rings (SSSR count). The summed E-state index contributed by atoms with van der Waals surface area (Å²) in [5, 5.41) is 43.7. The number of rotatable bonds is 12. The van der Waals surface area contributed by atoms with E-state index >= 15 is 0 Å². The number of phenolic OH excluding ortho intramolecular Hbond substituents is 1. The van der Waals surface area contributed by atoms with E-state index < -0.39 is 36.4 Å². The number of aromatic hydroxyl groups is 1. The lowest BCUT2D eigenvalue weighted by Gasteiger charge is -2.19. The molecule has 5 N–H and O–H groups in total. The second-order valence-electron chi connectivity index (χ2n) is 9.71. The fourth-order valence-electron chi connectivity index (χ4n) is 4.46. The van der Waals surface area contributed by atoms with Crippen LogP contribution in [0.15, 0.2) is 54.6 Å². The Labute approximate surface area is 239 Å². The zero-order chi connectivity index (χ0) is 30.6. The van der Waals surface area contributed by atoms with Crippen LogP contribution < -0.4 is 0 Å². The fourth-order valence-corrected chi connectivity index (χ4v) is 4.46. The Balaban J connectivity index is 0.000000383. The third-order valence-electron chi connectivity index (χ3n) is 6.69. The van der Waals surface area contributed by atoms with Gasteiger partial charge in [-0.25, -0.2) is 4.79 Å². The topological polar surface area (TPSA) is 176 Å². The highest BCUT2D eigenvalue weighted by Gasteiger charge is 2.40. The number of nitrogens with zero attached hydrogens (tertiary/aromatic N) is 2. The van der Waals surface area contributed by atoms with E-state index in [9.17, 15) is 24.3 Å². The zero-order valence-electron chi connectivity index (χ0n) is 23.3. The van der Waals surface area contributed by atoms with Crippen LogP contribution in [0.3, 0.4) is 0 Å². The van der Waals surface area contributed by atoms with Crippen LogP contribution in [0.4, 0.5) is 0 Å². The average Bonchev–Trinajstić information content (AvgIpc) is 3.43. The Hall–Kier alpha value is -4.22.